The molecule has 4 heterocycles. The Hall–Kier alpha value is -3.29. The maximum absolute atomic E-state index is 12.1. The number of primary amides is 1. The summed E-state index contributed by atoms with van der Waals surface area (Å²) in [6.45, 7) is 2.58. The fraction of sp³-hybridized carbons (Fsp3) is 0.458. The summed E-state index contributed by atoms with van der Waals surface area (Å²) in [5.41, 5.74) is 8.67. The summed E-state index contributed by atoms with van der Waals surface area (Å²) >= 11 is 0. The van der Waals surface area contributed by atoms with Crippen molar-refractivity contribution < 1.29 is 4.79 Å². The van der Waals surface area contributed by atoms with Crippen molar-refractivity contribution >= 4 is 17.4 Å². The Kier molecular flexibility index (Phi) is 4.00. The van der Waals surface area contributed by atoms with Crippen LogP contribution in [0.15, 0.2) is 47.8 Å². The molecule has 3 aromatic heterocycles. The van der Waals surface area contributed by atoms with E-state index in [4.69, 9.17) is 15.7 Å². The summed E-state index contributed by atoms with van der Waals surface area (Å²) in [6, 6.07) is 10.2. The zero-order valence-electron chi connectivity index (χ0n) is 18.2. The number of carbonyl (C=O) groups excluding carboxylic acids is 1. The fourth-order valence-corrected chi connectivity index (χ4v) is 6.00. The van der Waals surface area contributed by atoms with Gasteiger partial charge in [0.05, 0.1) is 12.2 Å². The number of nitrogens with one attached hydrogen (secondary N) is 1. The van der Waals surface area contributed by atoms with Crippen LogP contribution in [0.3, 0.4) is 0 Å². The van der Waals surface area contributed by atoms with Gasteiger partial charge in [0.2, 0.25) is 5.91 Å². The minimum Gasteiger partial charge on any atom is -0.369 e. The number of rotatable bonds is 4. The molecule has 3 aromatic rings. The van der Waals surface area contributed by atoms with Crippen LogP contribution in [0, 0.1) is 17.8 Å². The van der Waals surface area contributed by atoms with Gasteiger partial charge in [0.25, 0.3) is 0 Å². The number of nitrogens with zero attached hydrogens (tertiary/aromatic N) is 5. The van der Waals surface area contributed by atoms with E-state index in [1.54, 1.807) is 10.8 Å². The van der Waals surface area contributed by atoms with Crippen LogP contribution in [0.5, 0.6) is 0 Å². The van der Waals surface area contributed by atoms with Gasteiger partial charge in [0, 0.05) is 28.3 Å². The van der Waals surface area contributed by atoms with Crippen molar-refractivity contribution in [2.24, 2.45) is 21.6 Å². The van der Waals surface area contributed by atoms with Gasteiger partial charge in [-0.3, -0.25) is 14.8 Å². The zero-order chi connectivity index (χ0) is 22.0. The van der Waals surface area contributed by atoms with Crippen LogP contribution in [0.4, 0.5) is 0 Å². The van der Waals surface area contributed by atoms with Gasteiger partial charge in [0.1, 0.15) is 17.7 Å². The number of fused-ring (bicyclic) bond motifs is 4. The van der Waals surface area contributed by atoms with Crippen LogP contribution in [0.25, 0.3) is 5.65 Å². The van der Waals surface area contributed by atoms with Gasteiger partial charge in [-0.15, -0.1) is 0 Å². The first-order valence-corrected chi connectivity index (χ1v) is 11.3. The molecule has 0 radical (unpaired) electrons. The molecule has 164 valence electrons. The van der Waals surface area contributed by atoms with E-state index in [2.05, 4.69) is 27.5 Å². The van der Waals surface area contributed by atoms with Crippen molar-refractivity contribution in [2.45, 2.75) is 51.0 Å². The molecule has 8 heteroatoms. The molecule has 0 spiro atoms. The monoisotopic (exact) mass is 429 g/mol. The largest absolute Gasteiger partial charge is 0.369 e. The van der Waals surface area contributed by atoms with Crippen molar-refractivity contribution in [1.29, 1.82) is 0 Å². The Labute approximate surface area is 186 Å². The first kappa shape index (κ1) is 19.4. The predicted molar refractivity (Wildman–Crippen MR) is 120 cm³/mol. The van der Waals surface area contributed by atoms with Crippen LogP contribution in [0.1, 0.15) is 55.5 Å². The number of nitrogens with two attached hydrogens (primary N) is 1. The number of hydrogen-bond acceptors (Lipinski definition) is 6. The lowest BCUT2D eigenvalue weighted by molar-refractivity contribution is -0.134. The highest BCUT2D eigenvalue weighted by molar-refractivity contribution is 5.92. The molecule has 1 atom stereocenters. The molecule has 1 unspecified atom stereocenters. The SMILES string of the molecule is Cc1cccc(C2(c3ccc4ncnn4c3)CN=C(C34CCC(C(N)=O)(CC3)CC4)N2)n1. The molecule has 32 heavy (non-hydrogen) atoms. The summed E-state index contributed by atoms with van der Waals surface area (Å²) in [5, 5.41) is 8.20. The number of amides is 1. The number of carbonyl (C=O) groups is 1. The van der Waals surface area contributed by atoms with Gasteiger partial charge in [-0.05, 0) is 63.6 Å². The van der Waals surface area contributed by atoms with Gasteiger partial charge < -0.3 is 11.1 Å². The lowest BCUT2D eigenvalue weighted by Crippen LogP contribution is -2.56. The second-order valence-corrected chi connectivity index (χ2v) is 9.76. The summed E-state index contributed by atoms with van der Waals surface area (Å²) in [6.07, 6.45) is 8.98. The van der Waals surface area contributed by atoms with E-state index >= 15 is 0 Å². The minimum atomic E-state index is -0.564. The molecule has 3 fully saturated rings. The van der Waals surface area contributed by atoms with Gasteiger partial charge in [0.15, 0.2) is 5.65 Å². The highest BCUT2D eigenvalue weighted by atomic mass is 16.1. The van der Waals surface area contributed by atoms with Gasteiger partial charge >= 0.3 is 0 Å². The highest BCUT2D eigenvalue weighted by Gasteiger charge is 2.56. The quantitative estimate of drug-likeness (QED) is 0.662. The number of aromatic nitrogens is 4. The Balaban J connectivity index is 1.40. The van der Waals surface area contributed by atoms with Crippen LogP contribution < -0.4 is 11.1 Å². The Bertz CT molecular complexity index is 1240. The van der Waals surface area contributed by atoms with E-state index in [1.165, 1.54) is 0 Å². The van der Waals surface area contributed by atoms with Gasteiger partial charge in [-0.1, -0.05) is 12.1 Å². The third-order valence-electron chi connectivity index (χ3n) is 8.17. The van der Waals surface area contributed by atoms with Crippen LogP contribution in [0.2, 0.25) is 0 Å². The number of hydrogen-bond donors (Lipinski definition) is 2. The molecule has 4 aliphatic rings. The summed E-state index contributed by atoms with van der Waals surface area (Å²) in [4.78, 5) is 26.4. The highest BCUT2D eigenvalue weighted by Crippen LogP contribution is 2.58. The van der Waals surface area contributed by atoms with Crippen LogP contribution in [-0.4, -0.2) is 37.9 Å². The average molecular weight is 430 g/mol. The second-order valence-electron chi connectivity index (χ2n) is 9.76. The molecule has 0 saturated heterocycles. The normalized spacial score (nSPS) is 31.5. The standard InChI is InChI=1S/C24H27N7O/c1-16-3-2-4-18(29-16)24(17-5-6-19-27-15-28-31(19)13-17)14-26-21(30-24)23-10-7-22(8-11-23,9-12-23)20(25)32/h2-6,13,15H,7-12,14H2,1H3,(H2,25,32)(H,26,30). The van der Waals surface area contributed by atoms with E-state index in [-0.39, 0.29) is 16.7 Å². The second kappa shape index (κ2) is 6.60. The Morgan fingerprint density at radius 2 is 1.88 bits per heavy atom. The van der Waals surface area contributed by atoms with E-state index in [0.29, 0.717) is 6.54 Å². The molecule has 1 aliphatic heterocycles. The van der Waals surface area contributed by atoms with E-state index in [0.717, 1.165) is 67.0 Å². The topological polar surface area (TPSA) is 111 Å². The number of pyridine rings is 2. The maximum atomic E-state index is 12.1. The molecule has 2 bridgehead atoms. The zero-order valence-corrected chi connectivity index (χ0v) is 18.2. The molecule has 3 N–H and O–H groups in total. The summed E-state index contributed by atoms with van der Waals surface area (Å²) in [5.74, 6) is 0.920. The predicted octanol–water partition coefficient (Wildman–Crippen LogP) is 2.50. The first-order valence-electron chi connectivity index (χ1n) is 11.3. The molecule has 7 rings (SSSR count). The summed E-state index contributed by atoms with van der Waals surface area (Å²) in [7, 11) is 0. The molecular weight excluding hydrogens is 402 g/mol. The smallest absolute Gasteiger partial charge is 0.223 e. The molecule has 0 aromatic carbocycles. The molecular formula is C24H27N7O. The Morgan fingerprint density at radius 3 is 2.59 bits per heavy atom. The van der Waals surface area contributed by atoms with E-state index < -0.39 is 5.54 Å². The van der Waals surface area contributed by atoms with Crippen molar-refractivity contribution in [1.82, 2.24) is 24.9 Å². The number of amidine groups is 1. The minimum absolute atomic E-state index is 0.0138. The Morgan fingerprint density at radius 1 is 1.09 bits per heavy atom. The lowest BCUT2D eigenvalue weighted by Gasteiger charge is -2.52. The fourth-order valence-electron chi connectivity index (χ4n) is 6.00. The third kappa shape index (κ3) is 2.64. The van der Waals surface area contributed by atoms with E-state index in [9.17, 15) is 4.79 Å². The first-order chi connectivity index (χ1) is 15.4. The van der Waals surface area contributed by atoms with Crippen molar-refractivity contribution in [3.63, 3.8) is 0 Å². The molecule has 3 saturated carbocycles. The molecule has 8 nitrogen and oxygen atoms in total. The van der Waals surface area contributed by atoms with Crippen molar-refractivity contribution in [2.75, 3.05) is 6.54 Å². The van der Waals surface area contributed by atoms with Gasteiger partial charge in [-0.2, -0.15) is 5.10 Å². The lowest BCUT2D eigenvalue weighted by atomic mass is 9.53. The van der Waals surface area contributed by atoms with Gasteiger partial charge in [-0.25, -0.2) is 9.50 Å². The third-order valence-corrected chi connectivity index (χ3v) is 8.17. The number of aliphatic imine (C=N–C) groups is 1. The van der Waals surface area contributed by atoms with E-state index in [1.807, 2.05) is 31.3 Å². The van der Waals surface area contributed by atoms with Crippen molar-refractivity contribution in [3.05, 3.63) is 59.8 Å². The summed E-state index contributed by atoms with van der Waals surface area (Å²) < 4.78 is 1.80. The van der Waals surface area contributed by atoms with Crippen molar-refractivity contribution in [3.8, 4) is 0 Å². The molecule has 1 amide bonds. The molecule has 3 aliphatic carbocycles. The maximum Gasteiger partial charge on any atom is 0.223 e. The number of aryl methyl sites for hydroxylation is 1. The average Bonchev–Trinajstić information content (AvgIpc) is 3.48. The van der Waals surface area contributed by atoms with Crippen LogP contribution >= 0.6 is 0 Å². The van der Waals surface area contributed by atoms with Crippen LogP contribution in [-0.2, 0) is 10.3 Å².